The van der Waals surface area contributed by atoms with Crippen molar-refractivity contribution in [2.75, 3.05) is 29.9 Å². The number of carbonyl (C=O) groups is 1. The zero-order valence-corrected chi connectivity index (χ0v) is 23.8. The molecular weight excluding hydrogens is 561 g/mol. The Hall–Kier alpha value is -4.23. The normalized spacial score (nSPS) is 17.5. The van der Waals surface area contributed by atoms with Crippen molar-refractivity contribution in [2.24, 2.45) is 0 Å². The number of anilines is 3. The van der Waals surface area contributed by atoms with Crippen LogP contribution in [0.1, 0.15) is 38.2 Å². The molecular formula is C30H35F3N8O2. The van der Waals surface area contributed by atoms with E-state index in [-0.39, 0.29) is 0 Å². The van der Waals surface area contributed by atoms with Crippen LogP contribution in [0.2, 0.25) is 0 Å². The summed E-state index contributed by atoms with van der Waals surface area (Å²) in [5.74, 6) is -0.923. The molecule has 4 N–H and O–H groups in total. The second-order valence-corrected chi connectivity index (χ2v) is 10.8. The van der Waals surface area contributed by atoms with Crippen molar-refractivity contribution in [1.29, 1.82) is 0 Å². The maximum atomic E-state index is 10.6. The Morgan fingerprint density at radius 2 is 1.86 bits per heavy atom. The van der Waals surface area contributed by atoms with E-state index in [9.17, 15) is 13.2 Å². The summed E-state index contributed by atoms with van der Waals surface area (Å²) < 4.78 is 33.6. The van der Waals surface area contributed by atoms with Crippen LogP contribution in [0, 0.1) is 0 Å². The second kappa shape index (κ2) is 13.4. The van der Waals surface area contributed by atoms with Gasteiger partial charge >= 0.3 is 12.1 Å². The highest BCUT2D eigenvalue weighted by atomic mass is 19.4. The van der Waals surface area contributed by atoms with Gasteiger partial charge in [0, 0.05) is 36.9 Å². The fourth-order valence-electron chi connectivity index (χ4n) is 5.39. The highest BCUT2D eigenvalue weighted by Crippen LogP contribution is 2.30. The van der Waals surface area contributed by atoms with Gasteiger partial charge in [-0.1, -0.05) is 24.3 Å². The van der Waals surface area contributed by atoms with Crippen molar-refractivity contribution >= 4 is 28.9 Å². The van der Waals surface area contributed by atoms with E-state index in [1.165, 1.54) is 31.2 Å². The molecule has 0 radical (unpaired) electrons. The predicted molar refractivity (Wildman–Crippen MR) is 158 cm³/mol. The van der Waals surface area contributed by atoms with E-state index in [1.54, 1.807) is 6.33 Å². The maximum absolute atomic E-state index is 10.6. The molecule has 10 nitrogen and oxygen atoms in total. The van der Waals surface area contributed by atoms with E-state index < -0.39 is 12.1 Å². The number of piperidine rings is 1. The fraction of sp³-hybridized carbons (Fsp3) is 0.400. The van der Waals surface area contributed by atoms with Gasteiger partial charge in [0.25, 0.3) is 0 Å². The lowest BCUT2D eigenvalue weighted by molar-refractivity contribution is -0.192. The lowest BCUT2D eigenvalue weighted by Gasteiger charge is -2.24. The van der Waals surface area contributed by atoms with Crippen LogP contribution < -0.4 is 20.9 Å². The molecule has 4 aromatic rings. The minimum atomic E-state index is -5.08. The Balaban J connectivity index is 0.000000472. The Bertz CT molecular complexity index is 1540. The van der Waals surface area contributed by atoms with E-state index in [2.05, 4.69) is 80.3 Å². The molecule has 228 valence electrons. The van der Waals surface area contributed by atoms with Crippen LogP contribution in [-0.2, 0) is 11.3 Å². The van der Waals surface area contributed by atoms with Crippen LogP contribution >= 0.6 is 0 Å². The van der Waals surface area contributed by atoms with Gasteiger partial charge in [-0.25, -0.2) is 19.3 Å². The second-order valence-electron chi connectivity index (χ2n) is 10.8. The van der Waals surface area contributed by atoms with Gasteiger partial charge in [-0.3, -0.25) is 0 Å². The van der Waals surface area contributed by atoms with Crippen LogP contribution in [0.3, 0.4) is 0 Å². The van der Waals surface area contributed by atoms with Gasteiger partial charge in [0.05, 0.1) is 5.69 Å². The third-order valence-electron chi connectivity index (χ3n) is 7.66. The highest BCUT2D eigenvalue weighted by molar-refractivity contribution is 5.79. The predicted octanol–water partition coefficient (Wildman–Crippen LogP) is 5.00. The van der Waals surface area contributed by atoms with E-state index in [0.29, 0.717) is 12.1 Å². The number of carboxylic acids is 1. The standard InChI is InChI=1S/C28H34N8.C2HF3O2/c1-20-5-4-14-35(20)27-9-3-8-26(34-27)33-25-16-23(18-36-28(25)31-19-32-36)22-7-2-6-21(15-22)17-30-24-10-12-29-13-11-24;3-2(4,5)1(6)7/h2-3,6-9,15-16,18-20,24,29-30H,4-5,10-14,17H2,1H3,(H,33,34);(H,6,7). The largest absolute Gasteiger partial charge is 0.490 e. The quantitative estimate of drug-likeness (QED) is 0.234. The first-order valence-corrected chi connectivity index (χ1v) is 14.3. The number of hydrogen-bond acceptors (Lipinski definition) is 8. The van der Waals surface area contributed by atoms with Gasteiger partial charge < -0.3 is 26.0 Å². The van der Waals surface area contributed by atoms with Crippen LogP contribution in [0.5, 0.6) is 0 Å². The number of rotatable bonds is 7. The molecule has 0 bridgehead atoms. The highest BCUT2D eigenvalue weighted by Gasteiger charge is 2.38. The van der Waals surface area contributed by atoms with Gasteiger partial charge in [-0.05, 0) is 81.1 Å². The third-order valence-corrected chi connectivity index (χ3v) is 7.66. The molecule has 2 aliphatic rings. The number of halogens is 3. The minimum Gasteiger partial charge on any atom is -0.475 e. The van der Waals surface area contributed by atoms with Gasteiger partial charge in [0.2, 0.25) is 0 Å². The van der Waals surface area contributed by atoms with Crippen LogP contribution in [0.25, 0.3) is 16.8 Å². The Kier molecular flexibility index (Phi) is 9.41. The van der Waals surface area contributed by atoms with Crippen molar-refractivity contribution < 1.29 is 23.1 Å². The first kappa shape index (κ1) is 30.2. The number of aromatic nitrogens is 4. The zero-order chi connectivity index (χ0) is 30.4. The van der Waals surface area contributed by atoms with Crippen molar-refractivity contribution in [1.82, 2.24) is 30.2 Å². The Labute approximate surface area is 247 Å². The summed E-state index contributed by atoms with van der Waals surface area (Å²) in [5, 5.41) is 22.2. The number of hydrogen-bond donors (Lipinski definition) is 4. The molecule has 0 saturated carbocycles. The summed E-state index contributed by atoms with van der Waals surface area (Å²) in [5.41, 5.74) is 5.20. The van der Waals surface area contributed by atoms with E-state index >= 15 is 0 Å². The minimum absolute atomic E-state index is 0.524. The summed E-state index contributed by atoms with van der Waals surface area (Å²) in [6.07, 6.45) is 3.36. The van der Waals surface area contributed by atoms with Crippen LogP contribution in [0.4, 0.5) is 30.5 Å². The molecule has 5 heterocycles. The summed E-state index contributed by atoms with van der Waals surface area (Å²) >= 11 is 0. The molecule has 0 aliphatic carbocycles. The molecule has 2 aliphatic heterocycles. The van der Waals surface area contributed by atoms with E-state index in [0.717, 1.165) is 60.3 Å². The van der Waals surface area contributed by atoms with Crippen molar-refractivity contribution in [3.8, 4) is 11.1 Å². The number of nitrogens with zero attached hydrogens (tertiary/aromatic N) is 5. The first-order valence-electron chi connectivity index (χ1n) is 14.3. The molecule has 1 unspecified atom stereocenters. The van der Waals surface area contributed by atoms with Gasteiger partial charge in [-0.15, -0.1) is 0 Å². The maximum Gasteiger partial charge on any atom is 0.490 e. The average Bonchev–Trinajstić information content (AvgIpc) is 3.66. The molecule has 43 heavy (non-hydrogen) atoms. The molecule has 6 rings (SSSR count). The number of aliphatic carboxylic acids is 1. The molecule has 1 atom stereocenters. The monoisotopic (exact) mass is 596 g/mol. The molecule has 2 fully saturated rings. The lowest BCUT2D eigenvalue weighted by Crippen LogP contribution is -2.39. The van der Waals surface area contributed by atoms with Gasteiger partial charge in [-0.2, -0.15) is 18.3 Å². The zero-order valence-electron chi connectivity index (χ0n) is 23.8. The van der Waals surface area contributed by atoms with Crippen LogP contribution in [0.15, 0.2) is 61.1 Å². The van der Waals surface area contributed by atoms with Crippen molar-refractivity contribution in [3.05, 3.63) is 66.6 Å². The van der Waals surface area contributed by atoms with Crippen molar-refractivity contribution in [3.63, 3.8) is 0 Å². The first-order chi connectivity index (χ1) is 20.7. The number of carboxylic acid groups (broad SMARTS) is 1. The lowest BCUT2D eigenvalue weighted by atomic mass is 10.0. The van der Waals surface area contributed by atoms with E-state index in [1.807, 2.05) is 16.8 Å². The summed E-state index contributed by atoms with van der Waals surface area (Å²) in [7, 11) is 0. The van der Waals surface area contributed by atoms with Crippen molar-refractivity contribution in [2.45, 2.75) is 57.4 Å². The number of fused-ring (bicyclic) bond motifs is 1. The summed E-state index contributed by atoms with van der Waals surface area (Å²) in [6, 6.07) is 18.2. The van der Waals surface area contributed by atoms with Gasteiger partial charge in [0.1, 0.15) is 18.0 Å². The Morgan fingerprint density at radius 1 is 1.09 bits per heavy atom. The van der Waals surface area contributed by atoms with Crippen LogP contribution in [-0.4, -0.2) is 68.6 Å². The third kappa shape index (κ3) is 7.79. The summed E-state index contributed by atoms with van der Waals surface area (Å²) in [4.78, 5) is 20.7. The topological polar surface area (TPSA) is 120 Å². The summed E-state index contributed by atoms with van der Waals surface area (Å²) in [6.45, 7) is 6.40. The molecule has 1 aromatic carbocycles. The number of pyridine rings is 2. The molecule has 2 saturated heterocycles. The Morgan fingerprint density at radius 3 is 2.58 bits per heavy atom. The number of benzene rings is 1. The van der Waals surface area contributed by atoms with E-state index in [4.69, 9.17) is 14.9 Å². The number of alkyl halides is 3. The number of nitrogens with one attached hydrogen (secondary N) is 3. The molecule has 13 heteroatoms. The van der Waals surface area contributed by atoms with Gasteiger partial charge in [0.15, 0.2) is 5.65 Å². The average molecular weight is 597 g/mol. The fourth-order valence-corrected chi connectivity index (χ4v) is 5.39. The molecule has 0 spiro atoms. The molecule has 0 amide bonds. The molecule has 3 aromatic heterocycles. The smallest absolute Gasteiger partial charge is 0.475 e. The SMILES string of the molecule is CC1CCCN1c1cccc(Nc2cc(-c3cccc(CNC4CCNCC4)c3)cn3ncnc23)n1.O=C(O)C(F)(F)F.